The molecule has 0 aliphatic rings. The molecule has 0 fully saturated rings. The van der Waals surface area contributed by atoms with Gasteiger partial charge in [0.2, 0.25) is 5.91 Å². The Kier molecular flexibility index (Phi) is 5.83. The Balaban J connectivity index is 2.42. The zero-order valence-corrected chi connectivity index (χ0v) is 11.9. The van der Waals surface area contributed by atoms with E-state index in [2.05, 4.69) is 26.1 Å². The van der Waals surface area contributed by atoms with E-state index in [1.165, 1.54) is 0 Å². The maximum atomic E-state index is 11.9. The van der Waals surface area contributed by atoms with Crippen molar-refractivity contribution in [3.8, 4) is 5.75 Å². The quantitative estimate of drug-likeness (QED) is 0.731. The Morgan fingerprint density at radius 2 is 1.84 bits per heavy atom. The molecule has 4 N–H and O–H groups in total. The maximum absolute atomic E-state index is 11.9. The molecule has 1 amide bonds. The summed E-state index contributed by atoms with van der Waals surface area (Å²) in [5, 5.41) is 12.1. The third-order valence-electron chi connectivity index (χ3n) is 3.47. The highest BCUT2D eigenvalue weighted by atomic mass is 16.3. The SMILES string of the molecule is CC(C)C(C)CNC(=O)[C@H](N)Cc1ccc(O)cc1. The molecule has 1 unspecified atom stereocenters. The van der Waals surface area contributed by atoms with Gasteiger partial charge in [-0.2, -0.15) is 0 Å². The summed E-state index contributed by atoms with van der Waals surface area (Å²) in [5.74, 6) is 1.06. The molecule has 0 spiro atoms. The first-order valence-electron chi connectivity index (χ1n) is 6.71. The van der Waals surface area contributed by atoms with Gasteiger partial charge >= 0.3 is 0 Å². The number of benzene rings is 1. The summed E-state index contributed by atoms with van der Waals surface area (Å²) in [6, 6.07) is 6.20. The summed E-state index contributed by atoms with van der Waals surface area (Å²) in [6.07, 6.45) is 0.474. The Morgan fingerprint density at radius 1 is 1.26 bits per heavy atom. The average molecular weight is 264 g/mol. The second kappa shape index (κ2) is 7.14. The Hall–Kier alpha value is -1.55. The van der Waals surface area contributed by atoms with E-state index in [-0.39, 0.29) is 11.7 Å². The largest absolute Gasteiger partial charge is 0.508 e. The van der Waals surface area contributed by atoms with Crippen molar-refractivity contribution in [2.45, 2.75) is 33.2 Å². The van der Waals surface area contributed by atoms with Crippen LogP contribution in [0.4, 0.5) is 0 Å². The van der Waals surface area contributed by atoms with Crippen LogP contribution in [0.15, 0.2) is 24.3 Å². The van der Waals surface area contributed by atoms with Gasteiger partial charge in [0.15, 0.2) is 0 Å². The summed E-state index contributed by atoms with van der Waals surface area (Å²) in [7, 11) is 0. The molecule has 2 atom stereocenters. The van der Waals surface area contributed by atoms with Gasteiger partial charge in [-0.3, -0.25) is 4.79 Å². The maximum Gasteiger partial charge on any atom is 0.237 e. The number of rotatable bonds is 6. The van der Waals surface area contributed by atoms with E-state index in [1.807, 2.05) is 0 Å². The van der Waals surface area contributed by atoms with Crippen molar-refractivity contribution >= 4 is 5.91 Å². The summed E-state index contributed by atoms with van der Waals surface area (Å²) >= 11 is 0. The number of hydrogen-bond donors (Lipinski definition) is 3. The van der Waals surface area contributed by atoms with Crippen molar-refractivity contribution in [2.24, 2.45) is 17.6 Å². The van der Waals surface area contributed by atoms with E-state index in [0.29, 0.717) is 24.8 Å². The lowest BCUT2D eigenvalue weighted by molar-refractivity contribution is -0.122. The molecule has 0 aliphatic heterocycles. The van der Waals surface area contributed by atoms with Crippen molar-refractivity contribution in [1.29, 1.82) is 0 Å². The molecule has 0 bridgehead atoms. The lowest BCUT2D eigenvalue weighted by Gasteiger charge is -2.18. The highest BCUT2D eigenvalue weighted by Crippen LogP contribution is 2.11. The van der Waals surface area contributed by atoms with E-state index in [0.717, 1.165) is 5.56 Å². The van der Waals surface area contributed by atoms with Crippen molar-refractivity contribution < 1.29 is 9.90 Å². The molecule has 19 heavy (non-hydrogen) atoms. The van der Waals surface area contributed by atoms with Gasteiger partial charge in [0.05, 0.1) is 6.04 Å². The molecule has 0 aliphatic carbocycles. The van der Waals surface area contributed by atoms with Crippen LogP contribution in [-0.2, 0) is 11.2 Å². The van der Waals surface area contributed by atoms with Gasteiger partial charge in [0, 0.05) is 6.54 Å². The highest BCUT2D eigenvalue weighted by Gasteiger charge is 2.15. The molecule has 0 aromatic heterocycles. The summed E-state index contributed by atoms with van der Waals surface area (Å²) in [4.78, 5) is 11.9. The third-order valence-corrected chi connectivity index (χ3v) is 3.47. The van der Waals surface area contributed by atoms with E-state index < -0.39 is 6.04 Å². The fourth-order valence-electron chi connectivity index (χ4n) is 1.61. The minimum atomic E-state index is -0.552. The van der Waals surface area contributed by atoms with E-state index >= 15 is 0 Å². The average Bonchev–Trinajstić information content (AvgIpc) is 2.37. The first-order chi connectivity index (χ1) is 8.90. The Labute approximate surface area is 115 Å². The van der Waals surface area contributed by atoms with Crippen LogP contribution in [0.5, 0.6) is 5.75 Å². The monoisotopic (exact) mass is 264 g/mol. The van der Waals surface area contributed by atoms with Gasteiger partial charge in [0.1, 0.15) is 5.75 Å². The van der Waals surface area contributed by atoms with Crippen molar-refractivity contribution in [3.63, 3.8) is 0 Å². The fraction of sp³-hybridized carbons (Fsp3) is 0.533. The number of phenolic OH excluding ortho intramolecular Hbond substituents is 1. The van der Waals surface area contributed by atoms with Crippen LogP contribution in [0.25, 0.3) is 0 Å². The molecular weight excluding hydrogens is 240 g/mol. The minimum Gasteiger partial charge on any atom is -0.508 e. The van der Waals surface area contributed by atoms with Gasteiger partial charge in [0.25, 0.3) is 0 Å². The standard InChI is InChI=1S/C15H24N2O2/c1-10(2)11(3)9-17-15(19)14(16)8-12-4-6-13(18)7-5-12/h4-7,10-11,14,18H,8-9,16H2,1-3H3,(H,17,19)/t11?,14-/m1/s1. The van der Waals surface area contributed by atoms with Gasteiger partial charge in [-0.15, -0.1) is 0 Å². The van der Waals surface area contributed by atoms with Crippen molar-refractivity contribution in [2.75, 3.05) is 6.54 Å². The van der Waals surface area contributed by atoms with Crippen molar-refractivity contribution in [1.82, 2.24) is 5.32 Å². The third kappa shape index (κ3) is 5.30. The highest BCUT2D eigenvalue weighted by molar-refractivity contribution is 5.81. The number of hydrogen-bond acceptors (Lipinski definition) is 3. The number of amides is 1. The number of phenols is 1. The smallest absolute Gasteiger partial charge is 0.237 e. The zero-order chi connectivity index (χ0) is 14.4. The van der Waals surface area contributed by atoms with Crippen LogP contribution in [0, 0.1) is 11.8 Å². The van der Waals surface area contributed by atoms with Gasteiger partial charge in [-0.25, -0.2) is 0 Å². The topological polar surface area (TPSA) is 75.4 Å². The van der Waals surface area contributed by atoms with Crippen LogP contribution in [0.1, 0.15) is 26.3 Å². The first-order valence-corrected chi connectivity index (χ1v) is 6.71. The summed E-state index contributed by atoms with van der Waals surface area (Å²) < 4.78 is 0. The molecule has 0 saturated heterocycles. The fourth-order valence-corrected chi connectivity index (χ4v) is 1.61. The lowest BCUT2D eigenvalue weighted by atomic mass is 9.98. The van der Waals surface area contributed by atoms with Gasteiger partial charge in [-0.05, 0) is 36.0 Å². The Bertz CT molecular complexity index is 401. The molecule has 106 valence electrons. The number of nitrogens with one attached hydrogen (secondary N) is 1. The Morgan fingerprint density at radius 3 is 2.37 bits per heavy atom. The van der Waals surface area contributed by atoms with Gasteiger partial charge < -0.3 is 16.2 Å². The number of nitrogens with two attached hydrogens (primary N) is 1. The minimum absolute atomic E-state index is 0.124. The molecule has 1 rings (SSSR count). The molecule has 0 radical (unpaired) electrons. The molecule has 0 saturated carbocycles. The lowest BCUT2D eigenvalue weighted by Crippen LogP contribution is -2.43. The number of carbonyl (C=O) groups is 1. The molecule has 4 nitrogen and oxygen atoms in total. The van der Waals surface area contributed by atoms with E-state index in [4.69, 9.17) is 5.73 Å². The predicted molar refractivity (Wildman–Crippen MR) is 76.8 cm³/mol. The van der Waals surface area contributed by atoms with E-state index in [1.54, 1.807) is 24.3 Å². The number of carbonyl (C=O) groups excluding carboxylic acids is 1. The van der Waals surface area contributed by atoms with Crippen LogP contribution < -0.4 is 11.1 Å². The molecule has 4 heteroatoms. The molecule has 1 aromatic rings. The predicted octanol–water partition coefficient (Wildman–Crippen LogP) is 1.67. The van der Waals surface area contributed by atoms with Crippen molar-refractivity contribution in [3.05, 3.63) is 29.8 Å². The van der Waals surface area contributed by atoms with Gasteiger partial charge in [-0.1, -0.05) is 32.9 Å². The normalized spacial score (nSPS) is 14.2. The second-order valence-electron chi connectivity index (χ2n) is 5.44. The molecule has 0 heterocycles. The molecular formula is C15H24N2O2. The summed E-state index contributed by atoms with van der Waals surface area (Å²) in [6.45, 7) is 7.02. The second-order valence-corrected chi connectivity index (χ2v) is 5.44. The first kappa shape index (κ1) is 15.5. The van der Waals surface area contributed by atoms with Crippen LogP contribution >= 0.6 is 0 Å². The molecule has 1 aromatic carbocycles. The van der Waals surface area contributed by atoms with Crippen LogP contribution in [0.2, 0.25) is 0 Å². The summed E-state index contributed by atoms with van der Waals surface area (Å²) in [5.41, 5.74) is 6.82. The van der Waals surface area contributed by atoms with Crippen LogP contribution in [0.3, 0.4) is 0 Å². The number of aromatic hydroxyl groups is 1. The zero-order valence-electron chi connectivity index (χ0n) is 11.9. The van der Waals surface area contributed by atoms with Crippen LogP contribution in [-0.4, -0.2) is 23.6 Å². The van der Waals surface area contributed by atoms with E-state index in [9.17, 15) is 9.90 Å².